The summed E-state index contributed by atoms with van der Waals surface area (Å²) in [7, 11) is 4.56. The van der Waals surface area contributed by atoms with E-state index in [-0.39, 0.29) is 12.5 Å². The molecule has 0 aliphatic heterocycles. The Balaban J connectivity index is 2.80. The third kappa shape index (κ3) is 6.25. The van der Waals surface area contributed by atoms with Gasteiger partial charge in [-0.25, -0.2) is 10.2 Å². The molecule has 0 aliphatic carbocycles. The van der Waals surface area contributed by atoms with Gasteiger partial charge in [-0.2, -0.15) is 5.10 Å². The first-order valence-corrected chi connectivity index (χ1v) is 6.94. The van der Waals surface area contributed by atoms with E-state index in [0.29, 0.717) is 23.7 Å². The Labute approximate surface area is 135 Å². The lowest BCUT2D eigenvalue weighted by atomic mass is 10.2. The normalized spacial score (nSPS) is 10.3. The molecule has 8 heteroatoms. The van der Waals surface area contributed by atoms with E-state index < -0.39 is 6.09 Å². The summed E-state index contributed by atoms with van der Waals surface area (Å²) < 4.78 is 15.4. The third-order valence-electron chi connectivity index (χ3n) is 2.67. The van der Waals surface area contributed by atoms with Crippen molar-refractivity contribution in [1.29, 1.82) is 0 Å². The first-order valence-electron chi connectivity index (χ1n) is 6.94. The van der Waals surface area contributed by atoms with Gasteiger partial charge in [-0.1, -0.05) is 0 Å². The zero-order valence-corrected chi connectivity index (χ0v) is 13.7. The van der Waals surface area contributed by atoms with Crippen molar-refractivity contribution in [2.75, 3.05) is 34.4 Å². The van der Waals surface area contributed by atoms with Gasteiger partial charge in [0.15, 0.2) is 18.1 Å². The lowest BCUT2D eigenvalue weighted by Gasteiger charge is -2.14. The largest absolute Gasteiger partial charge is 0.490 e. The number of methoxy groups -OCH3 is 1. The van der Waals surface area contributed by atoms with E-state index in [1.54, 1.807) is 32.3 Å². The van der Waals surface area contributed by atoms with Gasteiger partial charge < -0.3 is 19.1 Å². The molecular weight excluding hydrogens is 302 g/mol. The number of carbonyl (C=O) groups is 2. The molecule has 0 saturated carbocycles. The molecule has 0 bridgehead atoms. The number of amides is 2. The number of rotatable bonds is 7. The van der Waals surface area contributed by atoms with Crippen LogP contribution in [0.1, 0.15) is 12.5 Å². The first kappa shape index (κ1) is 18.3. The average molecular weight is 323 g/mol. The molecule has 1 N–H and O–H groups in total. The summed E-state index contributed by atoms with van der Waals surface area (Å²) in [6.07, 6.45) is 0.780. The van der Waals surface area contributed by atoms with Gasteiger partial charge in [-0.05, 0) is 30.7 Å². The Morgan fingerprint density at radius 3 is 2.61 bits per heavy atom. The van der Waals surface area contributed by atoms with Crippen LogP contribution in [-0.4, -0.2) is 57.5 Å². The molecule has 0 spiro atoms. The molecule has 23 heavy (non-hydrogen) atoms. The van der Waals surface area contributed by atoms with Crippen molar-refractivity contribution >= 4 is 18.2 Å². The van der Waals surface area contributed by atoms with Crippen LogP contribution in [0.15, 0.2) is 23.3 Å². The van der Waals surface area contributed by atoms with E-state index in [4.69, 9.17) is 9.47 Å². The van der Waals surface area contributed by atoms with Crippen LogP contribution >= 0.6 is 0 Å². The molecule has 0 heterocycles. The molecule has 0 radical (unpaired) electrons. The fraction of sp³-hybridized carbons (Fsp3) is 0.400. The number of benzene rings is 1. The molecule has 8 nitrogen and oxygen atoms in total. The Bertz CT molecular complexity index is 572. The first-order chi connectivity index (χ1) is 11.0. The van der Waals surface area contributed by atoms with Gasteiger partial charge in [-0.3, -0.25) is 4.79 Å². The highest BCUT2D eigenvalue weighted by Crippen LogP contribution is 2.28. The molecule has 1 rings (SSSR count). The van der Waals surface area contributed by atoms with Crippen LogP contribution in [0.25, 0.3) is 0 Å². The fourth-order valence-corrected chi connectivity index (χ4v) is 1.47. The topological polar surface area (TPSA) is 89.5 Å². The Morgan fingerprint density at radius 2 is 2.00 bits per heavy atom. The van der Waals surface area contributed by atoms with Crippen LogP contribution in [0.3, 0.4) is 0 Å². The molecule has 1 aromatic carbocycles. The van der Waals surface area contributed by atoms with E-state index in [9.17, 15) is 9.59 Å². The van der Waals surface area contributed by atoms with Gasteiger partial charge in [0.1, 0.15) is 0 Å². The highest BCUT2D eigenvalue weighted by atomic mass is 16.5. The van der Waals surface area contributed by atoms with Crippen molar-refractivity contribution < 1.29 is 23.8 Å². The molecule has 0 unspecified atom stereocenters. The summed E-state index contributed by atoms with van der Waals surface area (Å²) >= 11 is 0. The summed E-state index contributed by atoms with van der Waals surface area (Å²) in [4.78, 5) is 23.9. The third-order valence-corrected chi connectivity index (χ3v) is 2.67. The molecule has 126 valence electrons. The number of nitrogens with one attached hydrogen (secondary N) is 1. The fourth-order valence-electron chi connectivity index (χ4n) is 1.47. The van der Waals surface area contributed by atoms with Crippen LogP contribution in [0, 0.1) is 0 Å². The molecule has 1 aromatic rings. The number of hydrogen-bond donors (Lipinski definition) is 1. The van der Waals surface area contributed by atoms with Gasteiger partial charge in [0.25, 0.3) is 5.91 Å². The number of carbonyl (C=O) groups excluding carboxylic acids is 2. The van der Waals surface area contributed by atoms with Gasteiger partial charge in [0.2, 0.25) is 0 Å². The highest BCUT2D eigenvalue weighted by Gasteiger charge is 2.10. The second-order valence-corrected chi connectivity index (χ2v) is 4.58. The molecule has 0 fully saturated rings. The van der Waals surface area contributed by atoms with Crippen molar-refractivity contribution in [3.63, 3.8) is 0 Å². The van der Waals surface area contributed by atoms with Gasteiger partial charge in [0, 0.05) is 14.1 Å². The predicted octanol–water partition coefficient (Wildman–Crippen LogP) is 1.24. The standard InChI is InChI=1S/C15H21N3O5/c1-5-22-13-8-11(9-16-17-15(20)21-4)6-7-12(13)23-10-14(19)18(2)3/h6-9H,5,10H2,1-4H3,(H,17,20)/b16-9-. The van der Waals surface area contributed by atoms with Gasteiger partial charge >= 0.3 is 6.09 Å². The maximum atomic E-state index is 11.6. The lowest BCUT2D eigenvalue weighted by molar-refractivity contribution is -0.130. The lowest BCUT2D eigenvalue weighted by Crippen LogP contribution is -2.27. The van der Waals surface area contributed by atoms with Crippen LogP contribution in [0.2, 0.25) is 0 Å². The number of hydrazone groups is 1. The van der Waals surface area contributed by atoms with E-state index >= 15 is 0 Å². The number of likely N-dealkylation sites (N-methyl/N-ethyl adjacent to an activating group) is 1. The summed E-state index contributed by atoms with van der Waals surface area (Å²) in [6.45, 7) is 2.21. The maximum absolute atomic E-state index is 11.6. The van der Waals surface area contributed by atoms with Crippen molar-refractivity contribution in [3.8, 4) is 11.5 Å². The van der Waals surface area contributed by atoms with Gasteiger partial charge in [-0.15, -0.1) is 0 Å². The molecule has 0 saturated heterocycles. The van der Waals surface area contributed by atoms with E-state index in [1.807, 2.05) is 6.92 Å². The number of hydrogen-bond acceptors (Lipinski definition) is 6. The minimum absolute atomic E-state index is 0.0790. The molecule has 0 aliphatic rings. The van der Waals surface area contributed by atoms with E-state index in [0.717, 1.165) is 0 Å². The van der Waals surface area contributed by atoms with E-state index in [2.05, 4.69) is 15.3 Å². The second kappa shape index (κ2) is 9.29. The highest BCUT2D eigenvalue weighted by molar-refractivity contribution is 5.82. The molecule has 2 amide bonds. The number of ether oxygens (including phenoxy) is 3. The minimum Gasteiger partial charge on any atom is -0.490 e. The van der Waals surface area contributed by atoms with Crippen molar-refractivity contribution in [1.82, 2.24) is 10.3 Å². The van der Waals surface area contributed by atoms with Crippen LogP contribution in [-0.2, 0) is 9.53 Å². The zero-order valence-electron chi connectivity index (χ0n) is 13.7. The summed E-state index contributed by atoms with van der Waals surface area (Å²) in [5.41, 5.74) is 2.88. The van der Waals surface area contributed by atoms with Crippen LogP contribution < -0.4 is 14.9 Å². The smallest absolute Gasteiger partial charge is 0.427 e. The Hall–Kier alpha value is -2.77. The van der Waals surface area contributed by atoms with E-state index in [1.165, 1.54) is 18.2 Å². The molecule has 0 atom stereocenters. The SMILES string of the molecule is CCOc1cc(/C=N\NC(=O)OC)ccc1OCC(=O)N(C)C. The molecule has 0 aromatic heterocycles. The van der Waals surface area contributed by atoms with Gasteiger partial charge in [0.05, 0.1) is 19.9 Å². The van der Waals surface area contributed by atoms with Crippen LogP contribution in [0.5, 0.6) is 11.5 Å². The van der Waals surface area contributed by atoms with Crippen molar-refractivity contribution in [2.24, 2.45) is 5.10 Å². The number of nitrogens with zero attached hydrogens (tertiary/aromatic N) is 2. The summed E-state index contributed by atoms with van der Waals surface area (Å²) in [5, 5.41) is 3.73. The summed E-state index contributed by atoms with van der Waals surface area (Å²) in [5.74, 6) is 0.793. The summed E-state index contributed by atoms with van der Waals surface area (Å²) in [6, 6.07) is 5.09. The maximum Gasteiger partial charge on any atom is 0.427 e. The zero-order chi connectivity index (χ0) is 17.2. The monoisotopic (exact) mass is 323 g/mol. The predicted molar refractivity (Wildman–Crippen MR) is 84.9 cm³/mol. The average Bonchev–Trinajstić information content (AvgIpc) is 2.53. The van der Waals surface area contributed by atoms with Crippen molar-refractivity contribution in [2.45, 2.75) is 6.92 Å². The Morgan fingerprint density at radius 1 is 1.26 bits per heavy atom. The van der Waals surface area contributed by atoms with Crippen molar-refractivity contribution in [3.05, 3.63) is 23.8 Å². The van der Waals surface area contributed by atoms with Crippen LogP contribution in [0.4, 0.5) is 4.79 Å². The minimum atomic E-state index is -0.659. The second-order valence-electron chi connectivity index (χ2n) is 4.58. The Kier molecular flexibility index (Phi) is 7.38. The quantitative estimate of drug-likeness (QED) is 0.602. The molecular formula is C15H21N3O5.